The van der Waals surface area contributed by atoms with E-state index in [0.29, 0.717) is 22.7 Å². The lowest BCUT2D eigenvalue weighted by atomic mass is 9.44. The Kier molecular flexibility index (Phi) is 3.87. The summed E-state index contributed by atoms with van der Waals surface area (Å²) in [6.07, 6.45) is 9.78. The highest BCUT2D eigenvalue weighted by Crippen LogP contribution is 2.67. The van der Waals surface area contributed by atoms with Gasteiger partial charge in [0.25, 0.3) is 0 Å². The van der Waals surface area contributed by atoms with Crippen molar-refractivity contribution in [1.82, 2.24) is 0 Å². The summed E-state index contributed by atoms with van der Waals surface area (Å²) in [4.78, 5) is 0. The molecular formula is C21H35FO. The average Bonchev–Trinajstić information content (AvgIpc) is 2.85. The van der Waals surface area contributed by atoms with Crippen LogP contribution in [0.25, 0.3) is 0 Å². The zero-order valence-electron chi connectivity index (χ0n) is 15.2. The van der Waals surface area contributed by atoms with Gasteiger partial charge >= 0.3 is 0 Å². The molecule has 2 heteroatoms. The maximum absolute atomic E-state index is 13.9. The maximum Gasteiger partial charge on any atom is 0.100 e. The lowest BCUT2D eigenvalue weighted by Gasteiger charge is -2.61. The van der Waals surface area contributed by atoms with Crippen LogP contribution in [0.3, 0.4) is 0 Å². The summed E-state index contributed by atoms with van der Waals surface area (Å²) in [5.74, 6) is 3.60. The molecule has 0 aromatic carbocycles. The van der Waals surface area contributed by atoms with Crippen molar-refractivity contribution in [2.24, 2.45) is 40.4 Å². The van der Waals surface area contributed by atoms with Gasteiger partial charge in [-0.3, -0.25) is 0 Å². The van der Waals surface area contributed by atoms with Crippen molar-refractivity contribution in [3.05, 3.63) is 0 Å². The Bertz CT molecular complexity index is 463. The highest BCUT2D eigenvalue weighted by Gasteiger charge is 2.60. The third kappa shape index (κ3) is 2.26. The summed E-state index contributed by atoms with van der Waals surface area (Å²) in [6, 6.07) is 0. The van der Waals surface area contributed by atoms with Crippen LogP contribution in [0.4, 0.5) is 4.39 Å². The van der Waals surface area contributed by atoms with Crippen LogP contribution < -0.4 is 0 Å². The molecule has 0 saturated heterocycles. The number of hydrogen-bond acceptors (Lipinski definition) is 1. The summed E-state index contributed by atoms with van der Waals surface area (Å²) in [5, 5.41) is 10.3. The molecule has 4 rings (SSSR count). The average molecular weight is 323 g/mol. The molecule has 9 atom stereocenters. The van der Waals surface area contributed by atoms with E-state index in [-0.39, 0.29) is 6.10 Å². The second kappa shape index (κ2) is 5.44. The normalized spacial score (nSPS) is 57.3. The Labute approximate surface area is 141 Å². The first kappa shape index (κ1) is 16.4. The molecule has 0 spiro atoms. The largest absolute Gasteiger partial charge is 0.393 e. The molecule has 0 aromatic heterocycles. The fourth-order valence-electron chi connectivity index (χ4n) is 8.04. The van der Waals surface area contributed by atoms with E-state index in [1.165, 1.54) is 38.5 Å². The molecule has 0 aromatic rings. The molecule has 0 unspecified atom stereocenters. The number of aliphatic hydroxyl groups is 1. The van der Waals surface area contributed by atoms with Gasteiger partial charge in [0.1, 0.15) is 6.17 Å². The highest BCUT2D eigenvalue weighted by atomic mass is 19.1. The van der Waals surface area contributed by atoms with Crippen LogP contribution >= 0.6 is 0 Å². The van der Waals surface area contributed by atoms with E-state index in [2.05, 4.69) is 13.8 Å². The van der Waals surface area contributed by atoms with E-state index in [0.717, 1.165) is 37.0 Å². The van der Waals surface area contributed by atoms with Crippen molar-refractivity contribution < 1.29 is 9.50 Å². The predicted molar refractivity (Wildman–Crippen MR) is 91.8 cm³/mol. The van der Waals surface area contributed by atoms with Crippen molar-refractivity contribution in [2.75, 3.05) is 0 Å². The van der Waals surface area contributed by atoms with Crippen LogP contribution in [0.2, 0.25) is 0 Å². The zero-order valence-corrected chi connectivity index (χ0v) is 15.2. The molecule has 0 radical (unpaired) electrons. The van der Waals surface area contributed by atoms with E-state index in [1.54, 1.807) is 0 Å². The molecule has 4 aliphatic rings. The molecule has 0 bridgehead atoms. The molecule has 4 fully saturated rings. The fraction of sp³-hybridized carbons (Fsp3) is 1.00. The number of halogens is 1. The molecule has 132 valence electrons. The van der Waals surface area contributed by atoms with Crippen LogP contribution in [-0.4, -0.2) is 17.4 Å². The third-order valence-electron chi connectivity index (χ3n) is 9.26. The minimum absolute atomic E-state index is 0.157. The molecule has 4 aliphatic carbocycles. The second-order valence-corrected chi connectivity index (χ2v) is 10.00. The van der Waals surface area contributed by atoms with E-state index >= 15 is 0 Å². The zero-order chi connectivity index (χ0) is 16.4. The molecule has 0 aliphatic heterocycles. The van der Waals surface area contributed by atoms with Crippen LogP contribution in [0.15, 0.2) is 0 Å². The Balaban J connectivity index is 1.60. The summed E-state index contributed by atoms with van der Waals surface area (Å²) >= 11 is 0. The first-order valence-corrected chi connectivity index (χ1v) is 10.2. The van der Waals surface area contributed by atoms with Gasteiger partial charge in [-0.05, 0) is 105 Å². The molecular weight excluding hydrogens is 287 g/mol. The van der Waals surface area contributed by atoms with Gasteiger partial charge in [-0.15, -0.1) is 0 Å². The molecule has 1 N–H and O–H groups in total. The van der Waals surface area contributed by atoms with Gasteiger partial charge in [0, 0.05) is 0 Å². The first-order chi connectivity index (χ1) is 10.9. The Morgan fingerprint density at radius 2 is 1.61 bits per heavy atom. The number of rotatable bonds is 1. The number of alkyl halides is 1. The molecule has 0 amide bonds. The van der Waals surface area contributed by atoms with Crippen LogP contribution in [0, 0.1) is 40.4 Å². The molecule has 23 heavy (non-hydrogen) atoms. The van der Waals surface area contributed by atoms with Gasteiger partial charge in [-0.2, -0.15) is 0 Å². The number of fused-ring (bicyclic) bond motifs is 5. The fourth-order valence-corrected chi connectivity index (χ4v) is 8.04. The molecule has 1 nitrogen and oxygen atoms in total. The van der Waals surface area contributed by atoms with Crippen molar-refractivity contribution in [3.63, 3.8) is 0 Å². The minimum atomic E-state index is -0.537. The maximum atomic E-state index is 13.9. The summed E-state index contributed by atoms with van der Waals surface area (Å²) in [5.41, 5.74) is 0.756. The highest BCUT2D eigenvalue weighted by molar-refractivity contribution is 5.09. The smallest absolute Gasteiger partial charge is 0.100 e. The predicted octanol–water partition coefficient (Wildman–Crippen LogP) is 5.36. The summed E-state index contributed by atoms with van der Waals surface area (Å²) in [7, 11) is 0. The topological polar surface area (TPSA) is 20.2 Å². The van der Waals surface area contributed by atoms with Crippen LogP contribution in [0.1, 0.15) is 78.6 Å². The van der Waals surface area contributed by atoms with Crippen LogP contribution in [-0.2, 0) is 0 Å². The lowest BCUT2D eigenvalue weighted by molar-refractivity contribution is -0.126. The first-order valence-electron chi connectivity index (χ1n) is 10.2. The van der Waals surface area contributed by atoms with Crippen molar-refractivity contribution >= 4 is 0 Å². The van der Waals surface area contributed by atoms with E-state index < -0.39 is 6.17 Å². The van der Waals surface area contributed by atoms with Crippen LogP contribution in [0.5, 0.6) is 0 Å². The van der Waals surface area contributed by atoms with Crippen molar-refractivity contribution in [3.8, 4) is 0 Å². The quantitative estimate of drug-likeness (QED) is 0.688. The Hall–Kier alpha value is -0.110. The Morgan fingerprint density at radius 1 is 0.913 bits per heavy atom. The number of hydrogen-bond donors (Lipinski definition) is 1. The van der Waals surface area contributed by atoms with E-state index in [9.17, 15) is 9.50 Å². The standard InChI is InChI=1S/C21H35FO/c1-13(23)17-6-7-18-16-5-4-14-12-15(22)8-10-20(14,2)19(16)9-11-21(17,18)3/h13-19,23H,4-12H2,1-3H3/t13-,14+,15-,16-,17+,18-,19-,20-,21+/m0/s1. The minimum Gasteiger partial charge on any atom is -0.393 e. The van der Waals surface area contributed by atoms with Crippen molar-refractivity contribution in [2.45, 2.75) is 90.8 Å². The van der Waals surface area contributed by atoms with Gasteiger partial charge in [-0.25, -0.2) is 4.39 Å². The van der Waals surface area contributed by atoms with Gasteiger partial charge in [0.05, 0.1) is 6.10 Å². The van der Waals surface area contributed by atoms with Crippen molar-refractivity contribution in [1.29, 1.82) is 0 Å². The lowest BCUT2D eigenvalue weighted by Crippen LogP contribution is -2.54. The molecule has 4 saturated carbocycles. The van der Waals surface area contributed by atoms with Gasteiger partial charge in [0.2, 0.25) is 0 Å². The molecule has 0 heterocycles. The monoisotopic (exact) mass is 322 g/mol. The second-order valence-electron chi connectivity index (χ2n) is 10.00. The summed E-state index contributed by atoms with van der Waals surface area (Å²) in [6.45, 7) is 6.99. The van der Waals surface area contributed by atoms with Gasteiger partial charge in [0.15, 0.2) is 0 Å². The van der Waals surface area contributed by atoms with Gasteiger partial charge < -0.3 is 5.11 Å². The summed E-state index contributed by atoms with van der Waals surface area (Å²) < 4.78 is 13.9. The number of aliphatic hydroxyl groups excluding tert-OH is 1. The van der Waals surface area contributed by atoms with E-state index in [1.807, 2.05) is 6.92 Å². The van der Waals surface area contributed by atoms with Gasteiger partial charge in [-0.1, -0.05) is 13.8 Å². The third-order valence-corrected chi connectivity index (χ3v) is 9.26. The van der Waals surface area contributed by atoms with E-state index in [4.69, 9.17) is 0 Å². The Morgan fingerprint density at radius 3 is 2.35 bits per heavy atom. The SMILES string of the molecule is C[C@H](O)[C@H]1CC[C@H]2[C@@H]3CC[C@@H]4C[C@@H](F)CC[C@]4(C)[C@H]3CC[C@]12C.